The van der Waals surface area contributed by atoms with E-state index in [4.69, 9.17) is 16.2 Å². The molecular formula is C28H41N7O5. The van der Waals surface area contributed by atoms with Gasteiger partial charge in [-0.2, -0.15) is 0 Å². The number of carbonyl (C=O) groups excluding carboxylic acids is 4. The summed E-state index contributed by atoms with van der Waals surface area (Å²) in [6.45, 7) is 8.53. The minimum Gasteiger partial charge on any atom is -0.444 e. The highest BCUT2D eigenvalue weighted by Crippen LogP contribution is 2.19. The average Bonchev–Trinajstić information content (AvgIpc) is 2.86. The quantitative estimate of drug-likeness (QED) is 0.131. The molecule has 0 aliphatic heterocycles. The molecular weight excluding hydrogens is 514 g/mol. The number of aliphatic imine (C=N–C) groups is 1. The lowest BCUT2D eigenvalue weighted by molar-refractivity contribution is -0.129. The van der Waals surface area contributed by atoms with Gasteiger partial charge in [0.15, 0.2) is 5.96 Å². The van der Waals surface area contributed by atoms with Crippen molar-refractivity contribution in [2.45, 2.75) is 65.1 Å². The van der Waals surface area contributed by atoms with E-state index in [0.717, 1.165) is 10.8 Å². The number of hydrogen-bond donors (Lipinski definition) is 6. The number of amides is 4. The smallest absolute Gasteiger partial charge is 0.408 e. The van der Waals surface area contributed by atoms with Crippen LogP contribution in [-0.4, -0.2) is 60.5 Å². The van der Waals surface area contributed by atoms with Gasteiger partial charge in [0, 0.05) is 12.2 Å². The first-order valence-electron chi connectivity index (χ1n) is 13.2. The average molecular weight is 556 g/mol. The Kier molecular flexibility index (Phi) is 11.7. The van der Waals surface area contributed by atoms with E-state index in [0.29, 0.717) is 12.1 Å². The highest BCUT2D eigenvalue weighted by atomic mass is 16.6. The van der Waals surface area contributed by atoms with Crippen molar-refractivity contribution in [3.63, 3.8) is 0 Å². The van der Waals surface area contributed by atoms with Crippen molar-refractivity contribution in [3.8, 4) is 0 Å². The summed E-state index contributed by atoms with van der Waals surface area (Å²) in [5.74, 6) is -1.89. The molecule has 8 N–H and O–H groups in total. The van der Waals surface area contributed by atoms with Crippen LogP contribution < -0.4 is 32.7 Å². The highest BCUT2D eigenvalue weighted by Gasteiger charge is 2.28. The highest BCUT2D eigenvalue weighted by molar-refractivity contribution is 5.99. The number of hydrogen-bond acceptors (Lipinski definition) is 6. The number of nitrogens with two attached hydrogens (primary N) is 2. The maximum Gasteiger partial charge on any atom is 0.408 e. The Morgan fingerprint density at radius 2 is 1.62 bits per heavy atom. The van der Waals surface area contributed by atoms with Gasteiger partial charge in [0.1, 0.15) is 17.7 Å². The lowest BCUT2D eigenvalue weighted by Crippen LogP contribution is -2.53. The SMILES string of the molecule is CC(C)[C@H](NC(=O)OC(C)(C)C)C(=O)NCC(=O)N[C@@H](CCCN=C(N)N)C(=O)Nc1ccc2ccccc2c1. The summed E-state index contributed by atoms with van der Waals surface area (Å²) >= 11 is 0. The van der Waals surface area contributed by atoms with Crippen molar-refractivity contribution in [1.29, 1.82) is 0 Å². The van der Waals surface area contributed by atoms with Crippen LogP contribution in [-0.2, 0) is 19.1 Å². The number of ether oxygens (including phenoxy) is 1. The molecule has 0 heterocycles. The van der Waals surface area contributed by atoms with Crippen molar-refractivity contribution >= 4 is 46.2 Å². The second kappa shape index (κ2) is 14.7. The largest absolute Gasteiger partial charge is 0.444 e. The fourth-order valence-corrected chi connectivity index (χ4v) is 3.76. The first kappa shape index (κ1) is 31.9. The summed E-state index contributed by atoms with van der Waals surface area (Å²) in [7, 11) is 0. The van der Waals surface area contributed by atoms with Gasteiger partial charge in [-0.25, -0.2) is 4.79 Å². The molecule has 2 atom stereocenters. The molecule has 0 aliphatic rings. The van der Waals surface area contributed by atoms with Crippen LogP contribution in [0.1, 0.15) is 47.5 Å². The second-order valence-electron chi connectivity index (χ2n) is 10.7. The van der Waals surface area contributed by atoms with Crippen molar-refractivity contribution in [2.75, 3.05) is 18.4 Å². The number of carbonyl (C=O) groups is 4. The molecule has 2 aromatic carbocycles. The molecule has 0 bridgehead atoms. The molecule has 0 fully saturated rings. The van der Waals surface area contributed by atoms with E-state index in [1.165, 1.54) is 0 Å². The molecule has 0 aromatic heterocycles. The number of anilines is 1. The van der Waals surface area contributed by atoms with Gasteiger partial charge in [0.2, 0.25) is 17.7 Å². The van der Waals surface area contributed by atoms with Crippen molar-refractivity contribution < 1.29 is 23.9 Å². The number of benzene rings is 2. The Morgan fingerprint density at radius 3 is 2.25 bits per heavy atom. The van der Waals surface area contributed by atoms with Gasteiger partial charge in [0.05, 0.1) is 6.54 Å². The van der Waals surface area contributed by atoms with E-state index in [1.807, 2.05) is 36.4 Å². The van der Waals surface area contributed by atoms with Crippen molar-refractivity contribution in [3.05, 3.63) is 42.5 Å². The van der Waals surface area contributed by atoms with Gasteiger partial charge in [-0.15, -0.1) is 0 Å². The van der Waals surface area contributed by atoms with E-state index >= 15 is 0 Å². The zero-order chi connectivity index (χ0) is 29.9. The Morgan fingerprint density at radius 1 is 0.950 bits per heavy atom. The van der Waals surface area contributed by atoms with Gasteiger partial charge in [0.25, 0.3) is 0 Å². The Bertz CT molecular complexity index is 1220. The zero-order valence-corrected chi connectivity index (χ0v) is 23.7. The zero-order valence-electron chi connectivity index (χ0n) is 23.7. The summed E-state index contributed by atoms with van der Waals surface area (Å²) < 4.78 is 5.23. The minimum atomic E-state index is -0.922. The van der Waals surface area contributed by atoms with Crippen LogP contribution >= 0.6 is 0 Å². The molecule has 0 aliphatic carbocycles. The van der Waals surface area contributed by atoms with E-state index in [9.17, 15) is 19.2 Å². The minimum absolute atomic E-state index is 0.0661. The molecule has 0 radical (unpaired) electrons. The van der Waals surface area contributed by atoms with Gasteiger partial charge in [-0.05, 0) is 62.4 Å². The Balaban J connectivity index is 2.03. The van der Waals surface area contributed by atoms with Gasteiger partial charge >= 0.3 is 6.09 Å². The van der Waals surface area contributed by atoms with Crippen LogP contribution in [0.5, 0.6) is 0 Å². The molecule has 0 saturated carbocycles. The van der Waals surface area contributed by atoms with Gasteiger partial charge in [-0.1, -0.05) is 44.2 Å². The van der Waals surface area contributed by atoms with Gasteiger partial charge in [-0.3, -0.25) is 19.4 Å². The van der Waals surface area contributed by atoms with Crippen LogP contribution in [0.25, 0.3) is 10.8 Å². The number of nitrogens with one attached hydrogen (secondary N) is 4. The predicted octanol–water partition coefficient (Wildman–Crippen LogP) is 1.98. The van der Waals surface area contributed by atoms with Crippen LogP contribution in [0.4, 0.5) is 10.5 Å². The van der Waals surface area contributed by atoms with Gasteiger partial charge < -0.3 is 37.5 Å². The summed E-state index contributed by atoms with van der Waals surface area (Å²) in [4.78, 5) is 54.7. The van der Waals surface area contributed by atoms with E-state index in [1.54, 1.807) is 40.7 Å². The Labute approximate surface area is 234 Å². The predicted molar refractivity (Wildman–Crippen MR) is 155 cm³/mol. The van der Waals surface area contributed by atoms with Crippen LogP contribution in [0.2, 0.25) is 0 Å². The third-order valence-electron chi connectivity index (χ3n) is 5.66. The Hall–Kier alpha value is -4.35. The van der Waals surface area contributed by atoms with Crippen LogP contribution in [0.3, 0.4) is 0 Å². The van der Waals surface area contributed by atoms with E-state index in [-0.39, 0.29) is 24.8 Å². The summed E-state index contributed by atoms with van der Waals surface area (Å²) in [5.41, 5.74) is 10.6. The number of alkyl carbamates (subject to hydrolysis) is 1. The molecule has 2 aromatic rings. The summed E-state index contributed by atoms with van der Waals surface area (Å²) in [6, 6.07) is 11.4. The molecule has 0 spiro atoms. The maximum atomic E-state index is 13.1. The third-order valence-corrected chi connectivity index (χ3v) is 5.66. The number of nitrogens with zero attached hydrogens (tertiary/aromatic N) is 1. The normalized spacial score (nSPS) is 12.7. The topological polar surface area (TPSA) is 190 Å². The molecule has 12 heteroatoms. The summed E-state index contributed by atoms with van der Waals surface area (Å²) in [5, 5.41) is 12.5. The van der Waals surface area contributed by atoms with Crippen LogP contribution in [0, 0.1) is 5.92 Å². The molecule has 4 amide bonds. The van der Waals surface area contributed by atoms with Crippen LogP contribution in [0.15, 0.2) is 47.5 Å². The monoisotopic (exact) mass is 555 g/mol. The molecule has 0 unspecified atom stereocenters. The van der Waals surface area contributed by atoms with Crippen molar-refractivity contribution in [2.24, 2.45) is 22.4 Å². The molecule has 2 rings (SSSR count). The molecule has 0 saturated heterocycles. The number of guanidine groups is 1. The molecule has 40 heavy (non-hydrogen) atoms. The van der Waals surface area contributed by atoms with Crippen molar-refractivity contribution in [1.82, 2.24) is 16.0 Å². The first-order chi connectivity index (χ1) is 18.7. The van der Waals surface area contributed by atoms with E-state index < -0.39 is 48.0 Å². The number of fused-ring (bicyclic) bond motifs is 1. The fourth-order valence-electron chi connectivity index (χ4n) is 3.76. The second-order valence-corrected chi connectivity index (χ2v) is 10.7. The first-order valence-corrected chi connectivity index (χ1v) is 13.2. The third kappa shape index (κ3) is 11.2. The lowest BCUT2D eigenvalue weighted by Gasteiger charge is -2.25. The molecule has 218 valence electrons. The lowest BCUT2D eigenvalue weighted by atomic mass is 10.0. The molecule has 12 nitrogen and oxygen atoms in total. The fraction of sp³-hybridized carbons (Fsp3) is 0.464. The number of rotatable bonds is 12. The summed E-state index contributed by atoms with van der Waals surface area (Å²) in [6.07, 6.45) is -0.0581. The van der Waals surface area contributed by atoms with E-state index in [2.05, 4.69) is 26.3 Å². The maximum absolute atomic E-state index is 13.1. The standard InChI is InChI=1S/C28H41N7O5/c1-17(2)23(35-27(39)40-28(3,4)5)25(38)32-16-22(36)34-21(11-8-14-31-26(29)30)24(37)33-20-13-12-18-9-6-7-10-19(18)15-20/h6-7,9-10,12-13,15,17,21,23H,8,11,14,16H2,1-5H3,(H,32,38)(H,33,37)(H,34,36)(H,35,39)(H4,29,30,31)/t21-,23-/m0/s1.